The van der Waals surface area contributed by atoms with Crippen LogP contribution in [-0.4, -0.2) is 70.1 Å². The number of carbonyl (C=O) groups is 6. The second kappa shape index (κ2) is 19.3. The van der Waals surface area contributed by atoms with Crippen molar-refractivity contribution in [2.75, 3.05) is 0 Å². The summed E-state index contributed by atoms with van der Waals surface area (Å²) in [6, 6.07) is 32.5. The van der Waals surface area contributed by atoms with Gasteiger partial charge in [-0.3, -0.25) is 14.4 Å². The fourth-order valence-corrected chi connectivity index (χ4v) is 6.91. The predicted octanol–water partition coefficient (Wildman–Crippen LogP) is 9.16. The van der Waals surface area contributed by atoms with Gasteiger partial charge < -0.3 is 34.7 Å². The van der Waals surface area contributed by atoms with Crippen molar-refractivity contribution in [2.45, 2.75) is 123 Å². The molecule has 5 rings (SSSR count). The first-order chi connectivity index (χ1) is 29.1. The van der Waals surface area contributed by atoms with Gasteiger partial charge >= 0.3 is 30.1 Å². The van der Waals surface area contributed by atoms with Crippen molar-refractivity contribution in [2.24, 2.45) is 5.92 Å². The molecule has 1 aliphatic heterocycles. The lowest BCUT2D eigenvalue weighted by Crippen LogP contribution is -2.59. The molecule has 1 saturated heterocycles. The summed E-state index contributed by atoms with van der Waals surface area (Å²) in [6.45, 7) is 20.1. The lowest BCUT2D eigenvalue weighted by atomic mass is 9.73. The van der Waals surface area contributed by atoms with Crippen LogP contribution in [0.15, 0.2) is 109 Å². The maximum atomic E-state index is 13.7. The number of amides is 2. The Morgan fingerprint density at radius 1 is 0.540 bits per heavy atom. The van der Waals surface area contributed by atoms with Gasteiger partial charge in [-0.25, -0.2) is 14.4 Å². The highest BCUT2D eigenvalue weighted by atomic mass is 16.7. The van der Waals surface area contributed by atoms with Crippen LogP contribution in [-0.2, 0) is 49.0 Å². The molecule has 13 nitrogen and oxygen atoms in total. The lowest BCUT2D eigenvalue weighted by molar-refractivity contribution is -0.238. The van der Waals surface area contributed by atoms with E-state index in [2.05, 4.69) is 10.6 Å². The van der Waals surface area contributed by atoms with Crippen molar-refractivity contribution in [3.05, 3.63) is 120 Å². The van der Waals surface area contributed by atoms with Gasteiger partial charge in [-0.1, -0.05) is 137 Å². The molecule has 1 aliphatic rings. The molecule has 0 aromatic heterocycles. The molecular weight excluding hydrogens is 805 g/mol. The Labute approximate surface area is 369 Å². The van der Waals surface area contributed by atoms with Crippen LogP contribution in [0.2, 0.25) is 0 Å². The maximum Gasteiger partial charge on any atom is 0.408 e. The molecule has 4 aromatic carbocycles. The van der Waals surface area contributed by atoms with Crippen LogP contribution >= 0.6 is 0 Å². The number of alkyl carbamates (subject to hydrolysis) is 2. The molecule has 0 aliphatic carbocycles. The summed E-state index contributed by atoms with van der Waals surface area (Å²) < 4.78 is 20.9. The quantitative estimate of drug-likeness (QED) is 0.0742. The van der Waals surface area contributed by atoms with Crippen LogP contribution in [0.3, 0.4) is 0 Å². The third kappa shape index (κ3) is 13.2. The third-order valence-electron chi connectivity index (χ3n) is 10.2. The van der Waals surface area contributed by atoms with Crippen molar-refractivity contribution < 1.29 is 52.8 Å². The van der Waals surface area contributed by atoms with Gasteiger partial charge in [-0.2, -0.15) is 0 Å². The summed E-state index contributed by atoms with van der Waals surface area (Å²) in [5, 5.41) is 14.8. The van der Waals surface area contributed by atoms with Crippen molar-refractivity contribution in [1.82, 2.24) is 10.6 Å². The van der Waals surface area contributed by atoms with Crippen molar-refractivity contribution in [1.29, 1.82) is 0 Å². The van der Waals surface area contributed by atoms with E-state index in [9.17, 15) is 33.9 Å². The van der Waals surface area contributed by atoms with Crippen LogP contribution in [0, 0.1) is 5.92 Å². The second-order valence-electron chi connectivity index (χ2n) is 18.9. The van der Waals surface area contributed by atoms with Gasteiger partial charge in [0.1, 0.15) is 23.3 Å². The van der Waals surface area contributed by atoms with E-state index in [1.807, 2.05) is 109 Å². The number of ketones is 1. The Hall–Kier alpha value is -6.50. The number of carbonyl (C=O) groups excluding carboxylic acids is 5. The minimum atomic E-state index is -1.83. The largest absolute Gasteiger partial charge is 0.480 e. The number of carboxylic acid groups (broad SMARTS) is 1. The molecule has 63 heavy (non-hydrogen) atoms. The van der Waals surface area contributed by atoms with Crippen molar-refractivity contribution in [3.8, 4) is 22.3 Å². The normalized spacial score (nSPS) is 15.2. The Bertz CT molecular complexity index is 2230. The summed E-state index contributed by atoms with van der Waals surface area (Å²) in [5.74, 6) is -7.32. The first-order valence-electron chi connectivity index (χ1n) is 20.6. The van der Waals surface area contributed by atoms with Gasteiger partial charge in [0.25, 0.3) is 5.79 Å². The van der Waals surface area contributed by atoms with Crippen molar-refractivity contribution >= 4 is 35.9 Å². The number of hydrogen-bond donors (Lipinski definition) is 3. The average Bonchev–Trinajstić information content (AvgIpc) is 3.17. The average molecular weight is 865 g/mol. The second-order valence-corrected chi connectivity index (χ2v) is 18.9. The number of benzene rings is 4. The molecule has 1 unspecified atom stereocenters. The molecule has 2 atom stereocenters. The minimum Gasteiger partial charge on any atom is -0.480 e. The minimum absolute atomic E-state index is 0.700. The van der Waals surface area contributed by atoms with E-state index in [4.69, 9.17) is 18.9 Å². The molecule has 336 valence electrons. The Morgan fingerprint density at radius 3 is 1.19 bits per heavy atom. The van der Waals surface area contributed by atoms with Crippen molar-refractivity contribution in [3.63, 3.8) is 0 Å². The molecule has 2 amide bonds. The van der Waals surface area contributed by atoms with E-state index < -0.39 is 81.7 Å². The molecule has 3 N–H and O–H groups in total. The standard InChI is InChI=1S/C28H33NO7.C22H27NO4/c1-26(2,3)36-25(33)29-22(21(30)20-23(31)34-28(6,7)35-24(20)32)27(4,5)19-15-13-18(14-16-19)17-11-9-8-10-12-17;1-21(2,3)27-20(26)23-18(19(24)25)22(4,5)17-13-11-16(12-14-17)15-9-7-6-8-10-15/h8-16,20,22H,1-7H3,(H,29,33);6-14,18H,1-5H3,(H,23,26)(H,24,25)/t22-;/m0./s1. The summed E-state index contributed by atoms with van der Waals surface area (Å²) in [4.78, 5) is 75.6. The number of rotatable bonds is 11. The topological polar surface area (TPSA) is 184 Å². The molecule has 0 spiro atoms. The Kier molecular flexibility index (Phi) is 15.0. The highest BCUT2D eigenvalue weighted by Gasteiger charge is 2.52. The molecule has 0 bridgehead atoms. The number of esters is 2. The Balaban J connectivity index is 0.000000288. The summed E-state index contributed by atoms with van der Waals surface area (Å²) >= 11 is 0. The molecular formula is C50H60N2O11. The fraction of sp³-hybridized carbons (Fsp3) is 0.400. The van der Waals surface area contributed by atoms with E-state index in [-0.39, 0.29) is 0 Å². The molecule has 1 heterocycles. The van der Waals surface area contributed by atoms with E-state index >= 15 is 0 Å². The summed E-state index contributed by atoms with van der Waals surface area (Å²) in [5.41, 5.74) is 2.23. The molecule has 4 aromatic rings. The van der Waals surface area contributed by atoms with Gasteiger partial charge in [0.15, 0.2) is 5.78 Å². The zero-order valence-electron chi connectivity index (χ0n) is 38.2. The number of ether oxygens (including phenoxy) is 4. The first-order valence-corrected chi connectivity index (χ1v) is 20.6. The fourth-order valence-electron chi connectivity index (χ4n) is 6.91. The summed E-state index contributed by atoms with van der Waals surface area (Å²) in [6.07, 6.45) is -1.60. The van der Waals surface area contributed by atoms with Gasteiger partial charge in [0.05, 0.1) is 0 Å². The zero-order chi connectivity index (χ0) is 47.1. The maximum absolute atomic E-state index is 13.7. The highest BCUT2D eigenvalue weighted by Crippen LogP contribution is 2.34. The van der Waals surface area contributed by atoms with Crippen LogP contribution < -0.4 is 10.6 Å². The highest BCUT2D eigenvalue weighted by molar-refractivity contribution is 6.18. The van der Waals surface area contributed by atoms with Crippen LogP contribution in [0.4, 0.5) is 9.59 Å². The molecule has 1 fully saturated rings. The zero-order valence-corrected chi connectivity index (χ0v) is 38.2. The SMILES string of the molecule is CC(C)(C)OC(=O)NC(C(=O)O)C(C)(C)c1ccc(-c2ccccc2)cc1.CC(C)(C)OC(=O)N[C@@H](C(=O)C1C(=O)OC(C)(C)OC1=O)C(C)(C)c1ccc(-c2ccccc2)cc1. The monoisotopic (exact) mass is 864 g/mol. The van der Waals surface area contributed by atoms with E-state index in [0.29, 0.717) is 5.56 Å². The van der Waals surface area contributed by atoms with Crippen LogP contribution in [0.1, 0.15) is 94.2 Å². The smallest absolute Gasteiger partial charge is 0.408 e. The van der Waals surface area contributed by atoms with Gasteiger partial charge in [0, 0.05) is 24.7 Å². The van der Waals surface area contributed by atoms with E-state index in [1.54, 1.807) is 69.2 Å². The predicted molar refractivity (Wildman–Crippen MR) is 239 cm³/mol. The third-order valence-corrected chi connectivity index (χ3v) is 10.2. The first kappa shape index (κ1) is 49.2. The number of cyclic esters (lactones) is 2. The molecule has 0 radical (unpaired) electrons. The molecule has 0 saturated carbocycles. The number of nitrogens with one attached hydrogen (secondary N) is 2. The number of hydrogen-bond acceptors (Lipinski definition) is 10. The molecule has 13 heteroatoms. The van der Waals surface area contributed by atoms with E-state index in [1.165, 1.54) is 13.8 Å². The van der Waals surface area contributed by atoms with Gasteiger partial charge in [0.2, 0.25) is 5.92 Å². The lowest BCUT2D eigenvalue weighted by Gasteiger charge is -2.38. The number of aliphatic carboxylic acids is 1. The van der Waals surface area contributed by atoms with Crippen LogP contribution in [0.5, 0.6) is 0 Å². The number of carboxylic acids is 1. The summed E-state index contributed by atoms with van der Waals surface area (Å²) in [7, 11) is 0. The Morgan fingerprint density at radius 2 is 0.857 bits per heavy atom. The number of Topliss-reactive ketones (excluding diaryl/α,β-unsaturated/α-hetero) is 1. The van der Waals surface area contributed by atoms with Gasteiger partial charge in [-0.05, 0) is 74.9 Å². The van der Waals surface area contributed by atoms with Gasteiger partial charge in [-0.15, -0.1) is 0 Å². The van der Waals surface area contributed by atoms with Crippen LogP contribution in [0.25, 0.3) is 22.3 Å². The van der Waals surface area contributed by atoms with E-state index in [0.717, 1.165) is 27.8 Å².